The number of para-hydroxylation sites is 1. The Balaban J connectivity index is 2.17. The van der Waals surface area contributed by atoms with E-state index in [2.05, 4.69) is 5.32 Å². The highest BCUT2D eigenvalue weighted by atomic mass is 16.3. The first-order chi connectivity index (χ1) is 8.11. The Bertz CT molecular complexity index is 364. The van der Waals surface area contributed by atoms with Crippen molar-refractivity contribution in [2.75, 3.05) is 20.6 Å². The lowest BCUT2D eigenvalue weighted by molar-refractivity contribution is -0.128. The predicted octanol–water partition coefficient (Wildman–Crippen LogP) is 1.35. The van der Waals surface area contributed by atoms with Crippen LogP contribution in [0.2, 0.25) is 0 Å². The van der Waals surface area contributed by atoms with Crippen molar-refractivity contribution >= 4 is 5.91 Å². The third-order valence-electron chi connectivity index (χ3n) is 2.55. The summed E-state index contributed by atoms with van der Waals surface area (Å²) in [5.74, 6) is 0.457. The fourth-order valence-electron chi connectivity index (χ4n) is 1.47. The van der Waals surface area contributed by atoms with Crippen LogP contribution >= 0.6 is 0 Å². The van der Waals surface area contributed by atoms with Gasteiger partial charge in [-0.05, 0) is 19.0 Å². The van der Waals surface area contributed by atoms with E-state index in [4.69, 9.17) is 0 Å². The molecule has 0 aromatic heterocycles. The number of aromatic hydroxyl groups is 1. The number of carbonyl (C=O) groups is 1. The zero-order valence-electron chi connectivity index (χ0n) is 10.4. The lowest BCUT2D eigenvalue weighted by atomic mass is 10.2. The van der Waals surface area contributed by atoms with Crippen molar-refractivity contribution in [1.29, 1.82) is 0 Å². The van der Waals surface area contributed by atoms with Crippen molar-refractivity contribution in [3.63, 3.8) is 0 Å². The first-order valence-electron chi connectivity index (χ1n) is 5.79. The van der Waals surface area contributed by atoms with Crippen LogP contribution in [0.4, 0.5) is 0 Å². The summed E-state index contributed by atoms with van der Waals surface area (Å²) in [6, 6.07) is 7.25. The maximum Gasteiger partial charge on any atom is 0.222 e. The van der Waals surface area contributed by atoms with Crippen LogP contribution in [0.25, 0.3) is 0 Å². The van der Waals surface area contributed by atoms with E-state index in [9.17, 15) is 9.90 Å². The van der Waals surface area contributed by atoms with Crippen molar-refractivity contribution in [2.45, 2.75) is 19.4 Å². The first-order valence-corrected chi connectivity index (χ1v) is 5.79. The molecule has 94 valence electrons. The number of nitrogens with one attached hydrogen (secondary N) is 1. The number of carbonyl (C=O) groups excluding carboxylic acids is 1. The topological polar surface area (TPSA) is 52.6 Å². The van der Waals surface area contributed by atoms with Gasteiger partial charge >= 0.3 is 0 Å². The zero-order chi connectivity index (χ0) is 12.7. The van der Waals surface area contributed by atoms with E-state index in [-0.39, 0.29) is 5.91 Å². The van der Waals surface area contributed by atoms with Gasteiger partial charge in [0.1, 0.15) is 5.75 Å². The highest BCUT2D eigenvalue weighted by Gasteiger charge is 2.03. The van der Waals surface area contributed by atoms with Crippen LogP contribution in [0.3, 0.4) is 0 Å². The summed E-state index contributed by atoms with van der Waals surface area (Å²) in [4.78, 5) is 12.9. The molecule has 1 amide bonds. The van der Waals surface area contributed by atoms with Crippen molar-refractivity contribution in [2.24, 2.45) is 0 Å². The molecule has 17 heavy (non-hydrogen) atoms. The van der Waals surface area contributed by atoms with Gasteiger partial charge in [-0.1, -0.05) is 18.2 Å². The number of benzene rings is 1. The molecule has 2 N–H and O–H groups in total. The number of hydrogen-bond donors (Lipinski definition) is 2. The predicted molar refractivity (Wildman–Crippen MR) is 67.7 cm³/mol. The molecule has 0 aliphatic heterocycles. The van der Waals surface area contributed by atoms with Gasteiger partial charge in [0.25, 0.3) is 0 Å². The number of phenolic OH excluding ortho intramolecular Hbond substituents is 1. The van der Waals surface area contributed by atoms with E-state index < -0.39 is 0 Å². The average Bonchev–Trinajstić information content (AvgIpc) is 2.30. The van der Waals surface area contributed by atoms with Gasteiger partial charge in [-0.3, -0.25) is 4.79 Å². The molecule has 4 nitrogen and oxygen atoms in total. The van der Waals surface area contributed by atoms with E-state index >= 15 is 0 Å². The highest BCUT2D eigenvalue weighted by molar-refractivity contribution is 5.75. The van der Waals surface area contributed by atoms with Gasteiger partial charge in [0.15, 0.2) is 0 Å². The van der Waals surface area contributed by atoms with E-state index in [0.717, 1.165) is 18.5 Å². The van der Waals surface area contributed by atoms with Crippen molar-refractivity contribution in [1.82, 2.24) is 10.2 Å². The number of amides is 1. The second kappa shape index (κ2) is 6.91. The standard InChI is InChI=1S/C13H20N2O2/c1-15(2)13(17)8-5-9-14-10-11-6-3-4-7-12(11)16/h3-4,6-7,14,16H,5,8-10H2,1-2H3. The van der Waals surface area contributed by atoms with Gasteiger partial charge in [0.2, 0.25) is 5.91 Å². The van der Waals surface area contributed by atoms with Gasteiger partial charge in [0.05, 0.1) is 0 Å². The summed E-state index contributed by atoms with van der Waals surface area (Å²) in [7, 11) is 3.52. The Hall–Kier alpha value is -1.55. The lowest BCUT2D eigenvalue weighted by Gasteiger charge is -2.10. The Morgan fingerprint density at radius 3 is 2.71 bits per heavy atom. The Morgan fingerprint density at radius 2 is 2.06 bits per heavy atom. The zero-order valence-corrected chi connectivity index (χ0v) is 10.4. The molecule has 0 saturated carbocycles. The van der Waals surface area contributed by atoms with E-state index in [1.807, 2.05) is 12.1 Å². The Morgan fingerprint density at radius 1 is 1.35 bits per heavy atom. The summed E-state index contributed by atoms with van der Waals surface area (Å²) in [6.07, 6.45) is 1.37. The summed E-state index contributed by atoms with van der Waals surface area (Å²) < 4.78 is 0. The molecule has 1 rings (SSSR count). The minimum atomic E-state index is 0.148. The molecule has 0 bridgehead atoms. The van der Waals surface area contributed by atoms with Gasteiger partial charge < -0.3 is 15.3 Å². The van der Waals surface area contributed by atoms with Gasteiger partial charge in [0, 0.05) is 32.6 Å². The lowest BCUT2D eigenvalue weighted by Crippen LogP contribution is -2.23. The highest BCUT2D eigenvalue weighted by Crippen LogP contribution is 2.14. The van der Waals surface area contributed by atoms with Gasteiger partial charge in [-0.2, -0.15) is 0 Å². The second-order valence-corrected chi connectivity index (χ2v) is 4.20. The molecule has 0 saturated heterocycles. The molecular weight excluding hydrogens is 216 g/mol. The fourth-order valence-corrected chi connectivity index (χ4v) is 1.47. The summed E-state index contributed by atoms with van der Waals surface area (Å²) in [5, 5.41) is 12.7. The molecule has 4 heteroatoms. The largest absolute Gasteiger partial charge is 0.508 e. The van der Waals surface area contributed by atoms with E-state index in [1.165, 1.54) is 0 Å². The maximum absolute atomic E-state index is 11.3. The molecule has 0 radical (unpaired) electrons. The summed E-state index contributed by atoms with van der Waals surface area (Å²) in [5.41, 5.74) is 0.881. The molecule has 0 heterocycles. The fraction of sp³-hybridized carbons (Fsp3) is 0.462. The van der Waals surface area contributed by atoms with Crippen LogP contribution in [0.15, 0.2) is 24.3 Å². The molecule has 0 aliphatic rings. The van der Waals surface area contributed by atoms with Gasteiger partial charge in [-0.25, -0.2) is 0 Å². The normalized spacial score (nSPS) is 10.2. The number of nitrogens with zero attached hydrogens (tertiary/aromatic N) is 1. The third kappa shape index (κ3) is 4.87. The minimum Gasteiger partial charge on any atom is -0.508 e. The van der Waals surface area contributed by atoms with Crippen LogP contribution in [0, 0.1) is 0 Å². The first kappa shape index (κ1) is 13.5. The van der Waals surface area contributed by atoms with Crippen LogP contribution < -0.4 is 5.32 Å². The van der Waals surface area contributed by atoms with Crippen LogP contribution in [-0.4, -0.2) is 36.6 Å². The molecule has 0 fully saturated rings. The smallest absolute Gasteiger partial charge is 0.222 e. The van der Waals surface area contributed by atoms with E-state index in [0.29, 0.717) is 18.7 Å². The monoisotopic (exact) mass is 236 g/mol. The summed E-state index contributed by atoms with van der Waals surface area (Å²) in [6.45, 7) is 1.40. The molecule has 0 atom stereocenters. The van der Waals surface area contributed by atoms with Crippen LogP contribution in [0.1, 0.15) is 18.4 Å². The number of rotatable bonds is 6. The maximum atomic E-state index is 11.3. The quantitative estimate of drug-likeness (QED) is 0.733. The molecule has 1 aromatic rings. The Labute approximate surface area is 102 Å². The molecule has 0 spiro atoms. The average molecular weight is 236 g/mol. The molecular formula is C13H20N2O2. The number of phenols is 1. The minimum absolute atomic E-state index is 0.148. The number of hydrogen-bond acceptors (Lipinski definition) is 3. The SMILES string of the molecule is CN(C)C(=O)CCCNCc1ccccc1O. The molecule has 0 aliphatic carbocycles. The van der Waals surface area contributed by atoms with Crippen LogP contribution in [-0.2, 0) is 11.3 Å². The van der Waals surface area contributed by atoms with E-state index in [1.54, 1.807) is 31.1 Å². The third-order valence-corrected chi connectivity index (χ3v) is 2.55. The van der Waals surface area contributed by atoms with Crippen molar-refractivity contribution in [3.8, 4) is 5.75 Å². The second-order valence-electron chi connectivity index (χ2n) is 4.20. The molecule has 0 unspecified atom stereocenters. The Kier molecular flexibility index (Phi) is 5.49. The molecule has 1 aromatic carbocycles. The van der Waals surface area contributed by atoms with Gasteiger partial charge in [-0.15, -0.1) is 0 Å². The van der Waals surface area contributed by atoms with Crippen LogP contribution in [0.5, 0.6) is 5.75 Å². The summed E-state index contributed by atoms with van der Waals surface area (Å²) >= 11 is 0. The van der Waals surface area contributed by atoms with Crippen molar-refractivity contribution in [3.05, 3.63) is 29.8 Å². The van der Waals surface area contributed by atoms with Crippen molar-refractivity contribution < 1.29 is 9.90 Å².